The van der Waals surface area contributed by atoms with Crippen LogP contribution >= 0.6 is 24.0 Å². The summed E-state index contributed by atoms with van der Waals surface area (Å²) >= 11 is 6.16. The van der Waals surface area contributed by atoms with E-state index >= 15 is 0 Å². The van der Waals surface area contributed by atoms with Gasteiger partial charge < -0.3 is 26.0 Å². The number of allylic oxidation sites excluding steroid dienone is 2. The molecule has 13 heteroatoms. The fourth-order valence-corrected chi connectivity index (χ4v) is 4.84. The normalized spacial score (nSPS) is 16.6. The Hall–Kier alpha value is -3.54. The first-order chi connectivity index (χ1) is 18.9. The number of aromatic nitrogens is 2. The first-order valence-corrected chi connectivity index (χ1v) is 12.8. The molecule has 8 nitrogen and oxygen atoms in total. The number of benzene rings is 2. The SMILES string of the molecule is COc1ccc(-c2cc(Cl)ccc2[C@@H](Oc2cc(C3=CCC(C[C@H](N)C(=O)O)CC3)nc(N)n2)C(F)(F)F)cc1.Cl. The number of anilines is 1. The maximum atomic E-state index is 14.5. The van der Waals surface area contributed by atoms with Gasteiger partial charge in [-0.25, -0.2) is 4.98 Å². The fourth-order valence-electron chi connectivity index (χ4n) is 4.67. The zero-order valence-corrected chi connectivity index (χ0v) is 23.5. The largest absolute Gasteiger partial charge is 0.497 e. The highest BCUT2D eigenvalue weighted by Crippen LogP contribution is 2.42. The Balaban J connectivity index is 0.00000462. The number of nitrogens with zero attached hydrogens (tertiary/aromatic N) is 2. The average molecular weight is 613 g/mol. The molecule has 0 bridgehead atoms. The van der Waals surface area contributed by atoms with Crippen molar-refractivity contribution in [1.82, 2.24) is 9.97 Å². The van der Waals surface area contributed by atoms with Crippen LogP contribution in [0.25, 0.3) is 16.7 Å². The van der Waals surface area contributed by atoms with Gasteiger partial charge in [0.1, 0.15) is 11.8 Å². The van der Waals surface area contributed by atoms with Crippen molar-refractivity contribution in [3.8, 4) is 22.8 Å². The second kappa shape index (κ2) is 13.4. The Labute approximate surface area is 245 Å². The van der Waals surface area contributed by atoms with Gasteiger partial charge in [0, 0.05) is 16.7 Å². The monoisotopic (exact) mass is 612 g/mol. The summed E-state index contributed by atoms with van der Waals surface area (Å²) in [5.74, 6) is -1.02. The number of carbonyl (C=O) groups is 1. The molecule has 0 spiro atoms. The molecule has 0 radical (unpaired) electrons. The van der Waals surface area contributed by atoms with Gasteiger partial charge in [-0.1, -0.05) is 35.9 Å². The van der Waals surface area contributed by atoms with Crippen molar-refractivity contribution >= 4 is 41.5 Å². The number of rotatable bonds is 9. The fraction of sp³-hybridized carbons (Fsp3) is 0.321. The molecule has 1 aliphatic carbocycles. The van der Waals surface area contributed by atoms with Crippen LogP contribution in [0.1, 0.15) is 43.0 Å². The Morgan fingerprint density at radius 3 is 2.46 bits per heavy atom. The van der Waals surface area contributed by atoms with Gasteiger partial charge >= 0.3 is 12.1 Å². The van der Waals surface area contributed by atoms with Crippen LogP contribution in [0, 0.1) is 5.92 Å². The standard InChI is InChI=1S/C28H28ClF3N4O4.ClH/c1-39-19-9-6-16(7-10-19)21-13-18(29)8-11-20(21)25(28(30,31)32)40-24-14-23(35-27(34)36-24)17-4-2-15(3-5-17)12-22(33)26(37)38;/h4,6-11,13-15,22,25H,2-3,5,12,33H2,1H3,(H,37,38)(H2,34,35,36);1H/t15?,22-,25+;/m0./s1. The lowest BCUT2D eigenvalue weighted by atomic mass is 9.84. The maximum Gasteiger partial charge on any atom is 0.429 e. The van der Waals surface area contributed by atoms with Crippen molar-refractivity contribution in [2.45, 2.75) is 44.0 Å². The third-order valence-electron chi connectivity index (χ3n) is 6.71. The maximum absolute atomic E-state index is 14.5. The zero-order valence-electron chi connectivity index (χ0n) is 21.9. The number of carboxylic acid groups (broad SMARTS) is 1. The molecule has 0 fully saturated rings. The summed E-state index contributed by atoms with van der Waals surface area (Å²) in [6.07, 6.45) is -3.28. The minimum absolute atomic E-state index is 0. The van der Waals surface area contributed by atoms with E-state index in [-0.39, 0.29) is 46.3 Å². The van der Waals surface area contributed by atoms with Gasteiger partial charge in [-0.05, 0) is 72.6 Å². The summed E-state index contributed by atoms with van der Waals surface area (Å²) in [6.45, 7) is 0. The van der Waals surface area contributed by atoms with Crippen LogP contribution in [0.2, 0.25) is 5.02 Å². The third kappa shape index (κ3) is 8.02. The molecule has 0 saturated carbocycles. The van der Waals surface area contributed by atoms with E-state index < -0.39 is 24.3 Å². The van der Waals surface area contributed by atoms with Gasteiger partial charge in [0.05, 0.1) is 12.8 Å². The van der Waals surface area contributed by atoms with Crippen LogP contribution in [-0.2, 0) is 4.79 Å². The summed E-state index contributed by atoms with van der Waals surface area (Å²) in [5, 5.41) is 9.32. The van der Waals surface area contributed by atoms with Crippen molar-refractivity contribution in [1.29, 1.82) is 0 Å². The molecule has 41 heavy (non-hydrogen) atoms. The minimum Gasteiger partial charge on any atom is -0.497 e. The van der Waals surface area contributed by atoms with Gasteiger partial charge in [-0.15, -0.1) is 12.4 Å². The topological polar surface area (TPSA) is 134 Å². The molecule has 220 valence electrons. The number of methoxy groups -OCH3 is 1. The predicted molar refractivity (Wildman–Crippen MR) is 152 cm³/mol. The lowest BCUT2D eigenvalue weighted by molar-refractivity contribution is -0.198. The molecule has 1 unspecified atom stereocenters. The third-order valence-corrected chi connectivity index (χ3v) is 6.94. The second-order valence-electron chi connectivity index (χ2n) is 9.50. The quantitative estimate of drug-likeness (QED) is 0.250. The minimum atomic E-state index is -4.81. The van der Waals surface area contributed by atoms with E-state index in [0.717, 1.165) is 5.57 Å². The Morgan fingerprint density at radius 1 is 1.17 bits per heavy atom. The van der Waals surface area contributed by atoms with Crippen LogP contribution in [0.5, 0.6) is 11.6 Å². The van der Waals surface area contributed by atoms with E-state index in [4.69, 9.17) is 37.6 Å². The summed E-state index contributed by atoms with van der Waals surface area (Å²) in [4.78, 5) is 19.2. The van der Waals surface area contributed by atoms with Crippen LogP contribution < -0.4 is 20.9 Å². The van der Waals surface area contributed by atoms with E-state index in [2.05, 4.69) is 9.97 Å². The molecule has 4 rings (SSSR count). The van der Waals surface area contributed by atoms with Crippen LogP contribution in [0.15, 0.2) is 54.6 Å². The summed E-state index contributed by atoms with van der Waals surface area (Å²) in [6, 6.07) is 11.0. The average Bonchev–Trinajstić information content (AvgIpc) is 2.91. The molecule has 2 aromatic carbocycles. The highest BCUT2D eigenvalue weighted by molar-refractivity contribution is 6.30. The molecular weight excluding hydrogens is 584 g/mol. The molecule has 1 aliphatic rings. The first kappa shape index (κ1) is 32.0. The van der Waals surface area contributed by atoms with Gasteiger partial charge in [0.2, 0.25) is 17.9 Å². The number of hydrogen-bond donors (Lipinski definition) is 3. The molecule has 1 aromatic heterocycles. The molecule has 1 heterocycles. The van der Waals surface area contributed by atoms with E-state index in [1.54, 1.807) is 24.3 Å². The number of carboxylic acids is 1. The summed E-state index contributed by atoms with van der Waals surface area (Å²) < 4.78 is 54.0. The number of alkyl halides is 3. The molecule has 0 saturated heterocycles. The molecular formula is C28H29Cl2F3N4O4. The zero-order chi connectivity index (χ0) is 29.0. The highest BCUT2D eigenvalue weighted by atomic mass is 35.5. The summed E-state index contributed by atoms with van der Waals surface area (Å²) in [5.41, 5.74) is 13.2. The van der Waals surface area contributed by atoms with E-state index in [1.807, 2.05) is 6.08 Å². The Morgan fingerprint density at radius 2 is 1.88 bits per heavy atom. The Bertz CT molecular complexity index is 1400. The highest BCUT2D eigenvalue weighted by Gasteiger charge is 2.44. The number of hydrogen-bond acceptors (Lipinski definition) is 7. The number of nitrogens with two attached hydrogens (primary N) is 2. The van der Waals surface area contributed by atoms with Crippen LogP contribution in [0.3, 0.4) is 0 Å². The van der Waals surface area contributed by atoms with E-state index in [0.29, 0.717) is 42.7 Å². The van der Waals surface area contributed by atoms with Gasteiger partial charge in [-0.2, -0.15) is 18.2 Å². The van der Waals surface area contributed by atoms with Gasteiger partial charge in [0.25, 0.3) is 0 Å². The van der Waals surface area contributed by atoms with E-state index in [9.17, 15) is 18.0 Å². The van der Waals surface area contributed by atoms with Gasteiger partial charge in [0.15, 0.2) is 0 Å². The molecule has 0 aliphatic heterocycles. The van der Waals surface area contributed by atoms with Crippen molar-refractivity contribution in [3.63, 3.8) is 0 Å². The number of aliphatic carboxylic acids is 1. The predicted octanol–water partition coefficient (Wildman–Crippen LogP) is 6.48. The summed E-state index contributed by atoms with van der Waals surface area (Å²) in [7, 11) is 1.49. The second-order valence-corrected chi connectivity index (χ2v) is 9.94. The molecule has 3 atom stereocenters. The number of halogens is 5. The Kier molecular flexibility index (Phi) is 10.5. The molecule has 5 N–H and O–H groups in total. The van der Waals surface area contributed by atoms with Crippen molar-refractivity contribution < 1.29 is 32.5 Å². The smallest absolute Gasteiger partial charge is 0.429 e. The molecule has 3 aromatic rings. The number of nitrogen functional groups attached to an aromatic ring is 1. The lowest BCUT2D eigenvalue weighted by Crippen LogP contribution is -2.32. The van der Waals surface area contributed by atoms with Crippen LogP contribution in [0.4, 0.5) is 19.1 Å². The lowest BCUT2D eigenvalue weighted by Gasteiger charge is -2.25. The van der Waals surface area contributed by atoms with Crippen molar-refractivity contribution in [2.75, 3.05) is 12.8 Å². The van der Waals surface area contributed by atoms with Crippen LogP contribution in [-0.4, -0.2) is 40.4 Å². The van der Waals surface area contributed by atoms with Gasteiger partial charge in [-0.3, -0.25) is 4.79 Å². The molecule has 0 amide bonds. The van der Waals surface area contributed by atoms with E-state index in [1.165, 1.54) is 31.4 Å². The first-order valence-electron chi connectivity index (χ1n) is 12.4. The number of ether oxygens (including phenoxy) is 2. The van der Waals surface area contributed by atoms with Crippen molar-refractivity contribution in [2.24, 2.45) is 11.7 Å². The van der Waals surface area contributed by atoms with Crippen molar-refractivity contribution in [3.05, 3.63) is 70.9 Å².